The van der Waals surface area contributed by atoms with E-state index in [1.54, 1.807) is 23.9 Å². The van der Waals surface area contributed by atoms with Crippen molar-refractivity contribution >= 4 is 16.9 Å². The number of carboxylic acid groups (broad SMARTS) is 1. The third-order valence-electron chi connectivity index (χ3n) is 6.20. The number of hydrogen-bond acceptors (Lipinski definition) is 6. The second kappa shape index (κ2) is 6.56. The Balaban J connectivity index is 1.73. The van der Waals surface area contributed by atoms with Crippen LogP contribution in [0.15, 0.2) is 45.8 Å². The average Bonchev–Trinajstić information content (AvgIpc) is 3.08. The highest BCUT2D eigenvalue weighted by atomic mass is 16.5. The summed E-state index contributed by atoms with van der Waals surface area (Å²) in [4.78, 5) is 30.6. The van der Waals surface area contributed by atoms with Crippen LogP contribution in [0.25, 0.3) is 22.0 Å². The number of rotatable bonds is 5. The molecule has 158 valence electrons. The van der Waals surface area contributed by atoms with Crippen LogP contribution in [0.5, 0.6) is 5.88 Å². The summed E-state index contributed by atoms with van der Waals surface area (Å²) in [7, 11) is 1.58. The monoisotopic (exact) mass is 420 g/mol. The molecule has 0 unspecified atom stereocenters. The van der Waals surface area contributed by atoms with Gasteiger partial charge < -0.3 is 14.4 Å². The van der Waals surface area contributed by atoms with Crippen molar-refractivity contribution in [1.29, 1.82) is 0 Å². The lowest BCUT2D eigenvalue weighted by Crippen LogP contribution is -2.26. The topological polar surface area (TPSA) is 123 Å². The minimum Gasteiger partial charge on any atom is -0.481 e. The number of aromatic amines is 1. The highest BCUT2D eigenvalue weighted by molar-refractivity contribution is 5.97. The summed E-state index contributed by atoms with van der Waals surface area (Å²) in [5.41, 5.74) is 2.88. The van der Waals surface area contributed by atoms with Gasteiger partial charge in [-0.15, -0.1) is 0 Å². The zero-order chi connectivity index (χ0) is 21.9. The predicted molar refractivity (Wildman–Crippen MR) is 111 cm³/mol. The SMILES string of the molecule is COc1nccc(-c2ccc3c(c2)cc(C(=O)O)n3[C@@]2(c3noc(=O)[nH]3)C[C@@H]2C)c1C. The third kappa shape index (κ3) is 2.69. The third-order valence-corrected chi connectivity index (χ3v) is 6.20. The first kappa shape index (κ1) is 19.1. The molecule has 0 radical (unpaired) electrons. The molecule has 5 rings (SSSR count). The Hall–Kier alpha value is -3.88. The van der Waals surface area contributed by atoms with Gasteiger partial charge in [-0.05, 0) is 54.7 Å². The first-order valence-corrected chi connectivity index (χ1v) is 9.82. The Bertz CT molecular complexity index is 1400. The van der Waals surface area contributed by atoms with Gasteiger partial charge in [-0.3, -0.25) is 9.51 Å². The van der Waals surface area contributed by atoms with Crippen molar-refractivity contribution in [3.8, 4) is 17.0 Å². The molecular weight excluding hydrogens is 400 g/mol. The van der Waals surface area contributed by atoms with Crippen LogP contribution in [0, 0.1) is 12.8 Å². The molecule has 9 heteroatoms. The second-order valence-electron chi connectivity index (χ2n) is 7.91. The highest BCUT2D eigenvalue weighted by Crippen LogP contribution is 2.55. The normalized spacial score (nSPS) is 20.2. The lowest BCUT2D eigenvalue weighted by Gasteiger charge is -2.19. The lowest BCUT2D eigenvalue weighted by atomic mass is 10.0. The van der Waals surface area contributed by atoms with Gasteiger partial charge in [0.05, 0.1) is 7.11 Å². The Morgan fingerprint density at radius 1 is 1.35 bits per heavy atom. The second-order valence-corrected chi connectivity index (χ2v) is 7.91. The molecule has 0 aliphatic heterocycles. The molecule has 0 saturated heterocycles. The van der Waals surface area contributed by atoms with Gasteiger partial charge in [0, 0.05) is 22.7 Å². The van der Waals surface area contributed by atoms with Gasteiger partial charge in [-0.2, -0.15) is 0 Å². The Morgan fingerprint density at radius 3 is 2.74 bits per heavy atom. The standard InChI is InChI=1S/C22H20N4O5/c1-11-10-22(11,20-24-21(29)31-25-20)26-16-5-4-13(8-14(16)9-17(26)19(27)28)15-6-7-23-18(30-3)12(15)2/h4-9,11H,10H2,1-3H3,(H,27,28)(H,24,25,29)/t11-,22-/m0/s1. The molecular formula is C22H20N4O5. The number of aromatic carboxylic acids is 1. The quantitative estimate of drug-likeness (QED) is 0.508. The van der Waals surface area contributed by atoms with Gasteiger partial charge in [0.25, 0.3) is 0 Å². The van der Waals surface area contributed by atoms with Gasteiger partial charge >= 0.3 is 11.7 Å². The van der Waals surface area contributed by atoms with E-state index in [1.165, 1.54) is 0 Å². The van der Waals surface area contributed by atoms with E-state index in [9.17, 15) is 14.7 Å². The summed E-state index contributed by atoms with van der Waals surface area (Å²) in [6.45, 7) is 3.92. The number of carboxylic acids is 1. The molecule has 3 heterocycles. The first-order valence-electron chi connectivity index (χ1n) is 9.82. The summed E-state index contributed by atoms with van der Waals surface area (Å²) in [5, 5.41) is 14.6. The Labute approximate surface area is 176 Å². The Kier molecular flexibility index (Phi) is 4.04. The molecule has 1 aliphatic rings. The van der Waals surface area contributed by atoms with E-state index in [4.69, 9.17) is 9.26 Å². The number of benzene rings is 1. The van der Waals surface area contributed by atoms with E-state index < -0.39 is 17.3 Å². The number of methoxy groups -OCH3 is 1. The number of aromatic nitrogens is 4. The fourth-order valence-corrected chi connectivity index (χ4v) is 4.58. The molecule has 3 aromatic heterocycles. The maximum absolute atomic E-state index is 12.1. The molecule has 1 saturated carbocycles. The fraction of sp³-hybridized carbons (Fsp3) is 0.273. The molecule has 1 aliphatic carbocycles. The van der Waals surface area contributed by atoms with Crippen LogP contribution in [0.3, 0.4) is 0 Å². The van der Waals surface area contributed by atoms with E-state index in [0.717, 1.165) is 27.6 Å². The van der Waals surface area contributed by atoms with Crippen molar-refractivity contribution in [1.82, 2.24) is 19.7 Å². The zero-order valence-corrected chi connectivity index (χ0v) is 17.2. The number of ether oxygens (including phenoxy) is 1. The van der Waals surface area contributed by atoms with Crippen LogP contribution >= 0.6 is 0 Å². The number of pyridine rings is 1. The van der Waals surface area contributed by atoms with Crippen molar-refractivity contribution in [2.24, 2.45) is 5.92 Å². The number of fused-ring (bicyclic) bond motifs is 1. The maximum atomic E-state index is 12.1. The van der Waals surface area contributed by atoms with E-state index in [-0.39, 0.29) is 11.6 Å². The minimum atomic E-state index is -1.05. The van der Waals surface area contributed by atoms with Crippen LogP contribution in [-0.2, 0) is 5.54 Å². The molecule has 1 aromatic carbocycles. The molecule has 0 bridgehead atoms. The molecule has 9 nitrogen and oxygen atoms in total. The fourth-order valence-electron chi connectivity index (χ4n) is 4.58. The zero-order valence-electron chi connectivity index (χ0n) is 17.2. The largest absolute Gasteiger partial charge is 0.481 e. The van der Waals surface area contributed by atoms with E-state index in [0.29, 0.717) is 18.1 Å². The lowest BCUT2D eigenvalue weighted by molar-refractivity contribution is 0.0682. The van der Waals surface area contributed by atoms with Crippen molar-refractivity contribution in [2.75, 3.05) is 7.11 Å². The van der Waals surface area contributed by atoms with Gasteiger partial charge in [0.2, 0.25) is 5.88 Å². The molecule has 2 N–H and O–H groups in total. The summed E-state index contributed by atoms with van der Waals surface area (Å²) in [5.74, 6) is -0.755. The van der Waals surface area contributed by atoms with Gasteiger partial charge in [-0.25, -0.2) is 14.6 Å². The average molecular weight is 420 g/mol. The van der Waals surface area contributed by atoms with Crippen molar-refractivity contribution < 1.29 is 19.2 Å². The molecule has 0 spiro atoms. The van der Waals surface area contributed by atoms with E-state index in [1.807, 2.05) is 38.1 Å². The van der Waals surface area contributed by atoms with Gasteiger partial charge in [-0.1, -0.05) is 18.1 Å². The number of H-pyrrole nitrogens is 1. The number of hydrogen-bond donors (Lipinski definition) is 2. The molecule has 2 atom stereocenters. The van der Waals surface area contributed by atoms with Crippen molar-refractivity contribution in [2.45, 2.75) is 25.8 Å². The summed E-state index contributed by atoms with van der Waals surface area (Å²) in [6.07, 6.45) is 2.32. The summed E-state index contributed by atoms with van der Waals surface area (Å²) < 4.78 is 11.8. The van der Waals surface area contributed by atoms with E-state index in [2.05, 4.69) is 15.1 Å². The van der Waals surface area contributed by atoms with Crippen LogP contribution in [0.1, 0.15) is 35.2 Å². The summed E-state index contributed by atoms with van der Waals surface area (Å²) in [6, 6.07) is 9.35. The van der Waals surface area contributed by atoms with Crippen molar-refractivity contribution in [3.05, 3.63) is 64.2 Å². The number of nitrogens with one attached hydrogen (secondary N) is 1. The first-order chi connectivity index (χ1) is 14.9. The molecule has 31 heavy (non-hydrogen) atoms. The van der Waals surface area contributed by atoms with Crippen molar-refractivity contribution in [3.63, 3.8) is 0 Å². The predicted octanol–water partition coefficient (Wildman–Crippen LogP) is 3.18. The number of carbonyl (C=O) groups is 1. The summed E-state index contributed by atoms with van der Waals surface area (Å²) >= 11 is 0. The van der Waals surface area contributed by atoms with Crippen LogP contribution in [-0.4, -0.2) is 37.9 Å². The highest BCUT2D eigenvalue weighted by Gasteiger charge is 2.59. The molecule has 1 fully saturated rings. The van der Waals surface area contributed by atoms with Crippen LogP contribution in [0.4, 0.5) is 0 Å². The van der Waals surface area contributed by atoms with Crippen LogP contribution in [0.2, 0.25) is 0 Å². The van der Waals surface area contributed by atoms with Crippen LogP contribution < -0.4 is 10.5 Å². The van der Waals surface area contributed by atoms with E-state index >= 15 is 0 Å². The number of nitrogens with zero attached hydrogens (tertiary/aromatic N) is 3. The Morgan fingerprint density at radius 2 is 2.13 bits per heavy atom. The molecule has 4 aromatic rings. The minimum absolute atomic E-state index is 0.0772. The molecule has 0 amide bonds. The van der Waals surface area contributed by atoms with Gasteiger partial charge in [0.15, 0.2) is 5.82 Å². The maximum Gasteiger partial charge on any atom is 0.438 e. The smallest absolute Gasteiger partial charge is 0.438 e. The van der Waals surface area contributed by atoms with Gasteiger partial charge in [0.1, 0.15) is 11.2 Å².